The highest BCUT2D eigenvalue weighted by atomic mass is 19.4. The smallest absolute Gasteiger partial charge is 0.349 e. The van der Waals surface area contributed by atoms with Crippen molar-refractivity contribution in [1.82, 2.24) is 15.3 Å². The van der Waals surface area contributed by atoms with E-state index in [1.807, 2.05) is 6.92 Å². The fourth-order valence-electron chi connectivity index (χ4n) is 1.58. The van der Waals surface area contributed by atoms with Crippen molar-refractivity contribution in [2.75, 3.05) is 6.54 Å². The van der Waals surface area contributed by atoms with Crippen molar-refractivity contribution < 1.29 is 13.2 Å². The Balaban J connectivity index is 2.03. The average molecular weight is 249 g/mol. The van der Waals surface area contributed by atoms with E-state index >= 15 is 0 Å². The molecule has 0 aromatic carbocycles. The molecule has 3 nitrogen and oxygen atoms in total. The molecule has 6 heteroatoms. The van der Waals surface area contributed by atoms with Gasteiger partial charge in [0.1, 0.15) is 5.82 Å². The number of nitrogens with one attached hydrogen (secondary N) is 2. The lowest BCUT2D eigenvalue weighted by Gasteiger charge is -2.13. The van der Waals surface area contributed by atoms with Gasteiger partial charge in [-0.3, -0.25) is 0 Å². The van der Waals surface area contributed by atoms with Crippen LogP contribution in [-0.4, -0.2) is 28.7 Å². The number of aromatic amines is 1. The molecule has 0 saturated heterocycles. The fraction of sp³-hybridized carbons (Fsp3) is 0.727. The molecule has 0 aliphatic carbocycles. The van der Waals surface area contributed by atoms with Gasteiger partial charge in [-0.25, -0.2) is 4.98 Å². The van der Waals surface area contributed by atoms with Crippen molar-refractivity contribution in [1.29, 1.82) is 0 Å². The van der Waals surface area contributed by atoms with E-state index in [1.165, 1.54) is 0 Å². The van der Waals surface area contributed by atoms with Gasteiger partial charge in [-0.1, -0.05) is 0 Å². The Hall–Kier alpha value is -1.04. The van der Waals surface area contributed by atoms with Crippen LogP contribution in [0.5, 0.6) is 0 Å². The van der Waals surface area contributed by atoms with Crippen LogP contribution < -0.4 is 5.32 Å². The zero-order valence-corrected chi connectivity index (χ0v) is 9.85. The maximum Gasteiger partial charge on any atom is 0.389 e. The first kappa shape index (κ1) is 14.0. The Bertz CT molecular complexity index is 295. The second kappa shape index (κ2) is 6.64. The van der Waals surface area contributed by atoms with E-state index in [0.717, 1.165) is 18.8 Å². The van der Waals surface area contributed by atoms with E-state index in [1.54, 1.807) is 12.4 Å². The summed E-state index contributed by atoms with van der Waals surface area (Å²) in [6.07, 6.45) is 0.183. The molecule has 0 saturated carbocycles. The zero-order valence-electron chi connectivity index (χ0n) is 9.85. The Morgan fingerprint density at radius 2 is 2.24 bits per heavy atom. The Labute approximate surface area is 98.8 Å². The molecule has 1 aromatic heterocycles. The van der Waals surface area contributed by atoms with Crippen LogP contribution in [0.4, 0.5) is 13.2 Å². The molecule has 2 N–H and O–H groups in total. The van der Waals surface area contributed by atoms with E-state index < -0.39 is 12.6 Å². The molecule has 0 aliphatic rings. The van der Waals surface area contributed by atoms with Crippen molar-refractivity contribution in [2.45, 2.75) is 44.8 Å². The van der Waals surface area contributed by atoms with Gasteiger partial charge in [-0.2, -0.15) is 13.2 Å². The molecular formula is C11H18F3N3. The molecule has 0 bridgehead atoms. The van der Waals surface area contributed by atoms with Crippen molar-refractivity contribution in [2.24, 2.45) is 0 Å². The minimum absolute atomic E-state index is 0.104. The van der Waals surface area contributed by atoms with Gasteiger partial charge in [0, 0.05) is 37.8 Å². The molecule has 1 aromatic rings. The molecule has 98 valence electrons. The summed E-state index contributed by atoms with van der Waals surface area (Å²) in [5.74, 6) is 0.889. The molecule has 1 atom stereocenters. The summed E-state index contributed by atoms with van der Waals surface area (Å²) in [6, 6.07) is 0.104. The van der Waals surface area contributed by atoms with Gasteiger partial charge in [0.05, 0.1) is 0 Å². The van der Waals surface area contributed by atoms with Crippen LogP contribution in [0.1, 0.15) is 32.0 Å². The van der Waals surface area contributed by atoms with Crippen molar-refractivity contribution in [3.8, 4) is 0 Å². The van der Waals surface area contributed by atoms with Gasteiger partial charge >= 0.3 is 6.18 Å². The topological polar surface area (TPSA) is 40.7 Å². The number of nitrogens with zero attached hydrogens (tertiary/aromatic N) is 1. The van der Waals surface area contributed by atoms with Crippen LogP contribution in [0.3, 0.4) is 0 Å². The Morgan fingerprint density at radius 1 is 1.47 bits per heavy atom. The lowest BCUT2D eigenvalue weighted by molar-refractivity contribution is -0.135. The minimum atomic E-state index is -4.03. The maximum absolute atomic E-state index is 11.9. The van der Waals surface area contributed by atoms with Crippen molar-refractivity contribution >= 4 is 0 Å². The van der Waals surface area contributed by atoms with Crippen LogP contribution in [-0.2, 0) is 6.42 Å². The second-order valence-electron chi connectivity index (χ2n) is 4.15. The van der Waals surface area contributed by atoms with Gasteiger partial charge in [0.25, 0.3) is 0 Å². The first-order chi connectivity index (χ1) is 7.97. The van der Waals surface area contributed by atoms with Gasteiger partial charge in [0.2, 0.25) is 0 Å². The number of H-pyrrole nitrogens is 1. The van der Waals surface area contributed by atoms with Crippen molar-refractivity contribution in [3.05, 3.63) is 18.2 Å². The third-order valence-electron chi connectivity index (χ3n) is 2.51. The monoisotopic (exact) mass is 249 g/mol. The van der Waals surface area contributed by atoms with E-state index in [9.17, 15) is 13.2 Å². The summed E-state index contributed by atoms with van der Waals surface area (Å²) in [4.78, 5) is 7.04. The highest BCUT2D eigenvalue weighted by Crippen LogP contribution is 2.22. The minimum Gasteiger partial charge on any atom is -0.349 e. The maximum atomic E-state index is 11.9. The first-order valence-corrected chi connectivity index (χ1v) is 5.76. The average Bonchev–Trinajstić information content (AvgIpc) is 2.68. The lowest BCUT2D eigenvalue weighted by atomic mass is 10.1. The summed E-state index contributed by atoms with van der Waals surface area (Å²) in [5, 5.41) is 3.18. The van der Waals surface area contributed by atoms with Crippen LogP contribution in [0.25, 0.3) is 0 Å². The number of aromatic nitrogens is 2. The molecular weight excluding hydrogens is 231 g/mol. The van der Waals surface area contributed by atoms with E-state index in [-0.39, 0.29) is 12.5 Å². The zero-order chi connectivity index (χ0) is 12.7. The number of rotatable bonds is 7. The third kappa shape index (κ3) is 6.99. The molecule has 0 spiro atoms. The molecule has 1 unspecified atom stereocenters. The second-order valence-corrected chi connectivity index (χ2v) is 4.15. The van der Waals surface area contributed by atoms with E-state index in [2.05, 4.69) is 15.3 Å². The summed E-state index contributed by atoms with van der Waals surface area (Å²) in [5.41, 5.74) is 0. The standard InChI is InChI=1S/C11H18F3N3/c1-9(3-2-5-11(12,13)14)15-6-4-10-16-7-8-17-10/h7-9,15H,2-6H2,1H3,(H,16,17). The van der Waals surface area contributed by atoms with Gasteiger partial charge in [0.15, 0.2) is 0 Å². The van der Waals surface area contributed by atoms with E-state index in [0.29, 0.717) is 6.42 Å². The normalized spacial score (nSPS) is 13.9. The molecule has 0 amide bonds. The third-order valence-corrected chi connectivity index (χ3v) is 2.51. The molecule has 0 fully saturated rings. The van der Waals surface area contributed by atoms with Gasteiger partial charge in [-0.05, 0) is 19.8 Å². The fourth-order valence-corrected chi connectivity index (χ4v) is 1.58. The van der Waals surface area contributed by atoms with Crippen LogP contribution in [0.2, 0.25) is 0 Å². The summed E-state index contributed by atoms with van der Waals surface area (Å²) < 4.78 is 35.7. The van der Waals surface area contributed by atoms with Crippen LogP contribution >= 0.6 is 0 Å². The first-order valence-electron chi connectivity index (χ1n) is 5.76. The molecule has 0 aliphatic heterocycles. The largest absolute Gasteiger partial charge is 0.389 e. The SMILES string of the molecule is CC(CCCC(F)(F)F)NCCc1ncc[nH]1. The number of hydrogen-bond donors (Lipinski definition) is 2. The van der Waals surface area contributed by atoms with Crippen LogP contribution in [0, 0.1) is 0 Å². The predicted molar refractivity (Wildman–Crippen MR) is 59.7 cm³/mol. The lowest BCUT2D eigenvalue weighted by Crippen LogP contribution is -2.28. The molecule has 1 heterocycles. The predicted octanol–water partition coefficient (Wildman–Crippen LogP) is 2.66. The number of imidazole rings is 1. The highest BCUT2D eigenvalue weighted by Gasteiger charge is 2.26. The molecule has 1 rings (SSSR count). The number of hydrogen-bond acceptors (Lipinski definition) is 2. The summed E-state index contributed by atoms with van der Waals surface area (Å²) in [6.45, 7) is 2.62. The van der Waals surface area contributed by atoms with Crippen LogP contribution in [0.15, 0.2) is 12.4 Å². The number of halogens is 3. The van der Waals surface area contributed by atoms with E-state index in [4.69, 9.17) is 0 Å². The summed E-state index contributed by atoms with van der Waals surface area (Å²) in [7, 11) is 0. The molecule has 0 radical (unpaired) electrons. The molecule has 17 heavy (non-hydrogen) atoms. The highest BCUT2D eigenvalue weighted by molar-refractivity contribution is 4.87. The van der Waals surface area contributed by atoms with Crippen molar-refractivity contribution in [3.63, 3.8) is 0 Å². The Kier molecular flexibility index (Phi) is 5.47. The quantitative estimate of drug-likeness (QED) is 0.780. The van der Waals surface area contributed by atoms with Gasteiger partial charge in [-0.15, -0.1) is 0 Å². The van der Waals surface area contributed by atoms with Gasteiger partial charge < -0.3 is 10.3 Å². The Morgan fingerprint density at radius 3 is 2.82 bits per heavy atom. The number of alkyl halides is 3. The summed E-state index contributed by atoms with van der Waals surface area (Å²) >= 11 is 0.